The second-order valence-electron chi connectivity index (χ2n) is 5.42. The van der Waals surface area contributed by atoms with Gasteiger partial charge in [-0.1, -0.05) is 16.9 Å². The van der Waals surface area contributed by atoms with E-state index in [1.165, 1.54) is 0 Å². The summed E-state index contributed by atoms with van der Waals surface area (Å²) >= 11 is 1.58. The molecule has 1 aromatic carbocycles. The molecular formula is C17H18N4O2S. The van der Waals surface area contributed by atoms with Gasteiger partial charge in [-0.25, -0.2) is 4.98 Å². The van der Waals surface area contributed by atoms with E-state index in [4.69, 9.17) is 4.52 Å². The third-order valence-corrected chi connectivity index (χ3v) is 4.27. The molecule has 6 nitrogen and oxygen atoms in total. The van der Waals surface area contributed by atoms with Gasteiger partial charge in [0.05, 0.1) is 6.54 Å². The highest BCUT2D eigenvalue weighted by Gasteiger charge is 2.14. The number of thioether (sulfide) groups is 1. The van der Waals surface area contributed by atoms with Crippen molar-refractivity contribution in [3.8, 4) is 5.69 Å². The molecule has 7 heteroatoms. The van der Waals surface area contributed by atoms with Gasteiger partial charge in [0.15, 0.2) is 5.16 Å². The molecule has 0 N–H and O–H groups in total. The molecule has 1 amide bonds. The number of amides is 1. The molecule has 0 radical (unpaired) electrons. The monoisotopic (exact) mass is 342 g/mol. The molecule has 124 valence electrons. The molecule has 0 saturated heterocycles. The van der Waals surface area contributed by atoms with Gasteiger partial charge in [-0.15, -0.1) is 0 Å². The number of nitrogens with zero attached hydrogens (tertiary/aromatic N) is 4. The maximum absolute atomic E-state index is 12.5. The van der Waals surface area contributed by atoms with Crippen molar-refractivity contribution in [2.24, 2.45) is 0 Å². The van der Waals surface area contributed by atoms with Crippen molar-refractivity contribution < 1.29 is 9.32 Å². The summed E-state index contributed by atoms with van der Waals surface area (Å²) in [5, 5.41) is 4.83. The smallest absolute Gasteiger partial charge is 0.253 e. The maximum Gasteiger partial charge on any atom is 0.253 e. The molecule has 2 heterocycles. The third-order valence-electron chi connectivity index (χ3n) is 3.60. The van der Waals surface area contributed by atoms with E-state index in [0.717, 1.165) is 22.3 Å². The lowest BCUT2D eigenvalue weighted by Gasteiger charge is -2.16. The summed E-state index contributed by atoms with van der Waals surface area (Å²) in [6.07, 6.45) is 5.65. The minimum Gasteiger partial charge on any atom is -0.361 e. The first-order chi connectivity index (χ1) is 11.6. The summed E-state index contributed by atoms with van der Waals surface area (Å²) in [6, 6.07) is 9.32. The van der Waals surface area contributed by atoms with E-state index in [1.807, 2.05) is 54.3 Å². The summed E-state index contributed by atoms with van der Waals surface area (Å²) in [7, 11) is 1.75. The number of hydrogen-bond acceptors (Lipinski definition) is 5. The van der Waals surface area contributed by atoms with Crippen molar-refractivity contribution in [2.45, 2.75) is 18.6 Å². The van der Waals surface area contributed by atoms with E-state index in [9.17, 15) is 4.79 Å². The summed E-state index contributed by atoms with van der Waals surface area (Å²) in [5.41, 5.74) is 2.35. The van der Waals surface area contributed by atoms with Crippen LogP contribution in [0.2, 0.25) is 0 Å². The molecule has 0 aliphatic carbocycles. The molecule has 0 atom stereocenters. The van der Waals surface area contributed by atoms with Crippen molar-refractivity contribution in [3.63, 3.8) is 0 Å². The van der Waals surface area contributed by atoms with E-state index >= 15 is 0 Å². The van der Waals surface area contributed by atoms with Gasteiger partial charge in [0.25, 0.3) is 5.91 Å². The first kappa shape index (κ1) is 16.3. The number of imidazole rings is 1. The van der Waals surface area contributed by atoms with Crippen LogP contribution in [0.1, 0.15) is 21.8 Å². The summed E-state index contributed by atoms with van der Waals surface area (Å²) in [5.74, 6) is 0.679. The Kier molecular flexibility index (Phi) is 4.71. The lowest BCUT2D eigenvalue weighted by Crippen LogP contribution is -2.26. The number of carbonyl (C=O) groups excluding carboxylic acids is 1. The normalized spacial score (nSPS) is 10.8. The minimum atomic E-state index is -0.0575. The Morgan fingerprint density at radius 3 is 2.71 bits per heavy atom. The fourth-order valence-corrected chi connectivity index (χ4v) is 2.96. The zero-order valence-corrected chi connectivity index (χ0v) is 14.6. The molecule has 3 rings (SSSR count). The van der Waals surface area contributed by atoms with Crippen molar-refractivity contribution >= 4 is 17.7 Å². The van der Waals surface area contributed by atoms with Crippen molar-refractivity contribution in [3.05, 3.63) is 59.7 Å². The van der Waals surface area contributed by atoms with E-state index in [-0.39, 0.29) is 5.91 Å². The topological polar surface area (TPSA) is 64.2 Å². The number of rotatable bonds is 5. The molecule has 0 spiro atoms. The van der Waals surface area contributed by atoms with Gasteiger partial charge in [0.1, 0.15) is 11.5 Å². The van der Waals surface area contributed by atoms with E-state index in [2.05, 4.69) is 10.1 Å². The Morgan fingerprint density at radius 1 is 1.33 bits per heavy atom. The third kappa shape index (κ3) is 3.35. The lowest BCUT2D eigenvalue weighted by molar-refractivity contribution is 0.0782. The van der Waals surface area contributed by atoms with Gasteiger partial charge in [0, 0.05) is 36.8 Å². The summed E-state index contributed by atoms with van der Waals surface area (Å²) in [6.45, 7) is 2.24. The molecule has 0 aliphatic rings. The van der Waals surface area contributed by atoms with Gasteiger partial charge >= 0.3 is 0 Å². The van der Waals surface area contributed by atoms with Crippen LogP contribution < -0.4 is 0 Å². The van der Waals surface area contributed by atoms with Gasteiger partial charge in [-0.05, 0) is 37.4 Å². The van der Waals surface area contributed by atoms with Crippen LogP contribution >= 0.6 is 11.8 Å². The average Bonchev–Trinajstić information content (AvgIpc) is 3.23. The molecule has 0 saturated carbocycles. The van der Waals surface area contributed by atoms with Crippen LogP contribution in [-0.4, -0.2) is 38.8 Å². The number of benzene rings is 1. The van der Waals surface area contributed by atoms with Gasteiger partial charge in [-0.2, -0.15) is 0 Å². The molecule has 0 bridgehead atoms. The number of aryl methyl sites for hydroxylation is 1. The van der Waals surface area contributed by atoms with Crippen LogP contribution in [0, 0.1) is 6.92 Å². The molecule has 2 aromatic heterocycles. The maximum atomic E-state index is 12.5. The fraction of sp³-hybridized carbons (Fsp3) is 0.235. The van der Waals surface area contributed by atoms with Crippen LogP contribution in [-0.2, 0) is 6.54 Å². The summed E-state index contributed by atoms with van der Waals surface area (Å²) in [4.78, 5) is 18.4. The summed E-state index contributed by atoms with van der Waals surface area (Å²) < 4.78 is 7.02. The second kappa shape index (κ2) is 6.92. The second-order valence-corrected chi connectivity index (χ2v) is 6.19. The van der Waals surface area contributed by atoms with Gasteiger partial charge < -0.3 is 9.42 Å². The number of aromatic nitrogens is 3. The number of hydrogen-bond donors (Lipinski definition) is 0. The van der Waals surface area contributed by atoms with E-state index < -0.39 is 0 Å². The van der Waals surface area contributed by atoms with Gasteiger partial charge in [0.2, 0.25) is 0 Å². The first-order valence-electron chi connectivity index (χ1n) is 7.44. The molecule has 0 fully saturated rings. The zero-order chi connectivity index (χ0) is 17.1. The highest BCUT2D eigenvalue weighted by Crippen LogP contribution is 2.19. The molecule has 0 unspecified atom stereocenters. The molecule has 24 heavy (non-hydrogen) atoms. The Bertz CT molecular complexity index is 838. The fourth-order valence-electron chi connectivity index (χ4n) is 2.43. The zero-order valence-electron chi connectivity index (χ0n) is 13.8. The quantitative estimate of drug-likeness (QED) is 0.667. The average molecular weight is 342 g/mol. The van der Waals surface area contributed by atoms with Gasteiger partial charge in [-0.3, -0.25) is 9.36 Å². The molecular weight excluding hydrogens is 324 g/mol. The Hall–Kier alpha value is -2.54. The van der Waals surface area contributed by atoms with Crippen LogP contribution in [0.25, 0.3) is 5.69 Å². The number of carbonyl (C=O) groups is 1. The lowest BCUT2D eigenvalue weighted by atomic mass is 10.2. The minimum absolute atomic E-state index is 0.0575. The van der Waals surface area contributed by atoms with Crippen molar-refractivity contribution in [1.82, 2.24) is 19.6 Å². The van der Waals surface area contributed by atoms with Crippen LogP contribution in [0.4, 0.5) is 0 Å². The SMILES string of the molecule is CSc1nccn1-c1ccc(C(=O)N(C)Cc2cc(C)on2)cc1. The Balaban J connectivity index is 1.74. The largest absolute Gasteiger partial charge is 0.361 e. The molecule has 3 aromatic rings. The standard InChI is InChI=1S/C17H18N4O2S/c1-12-10-14(19-23-12)11-20(2)16(22)13-4-6-15(7-5-13)21-9-8-18-17(21)24-3/h4-10H,11H2,1-3H3. The Morgan fingerprint density at radius 2 is 2.08 bits per heavy atom. The van der Waals surface area contributed by atoms with Crippen LogP contribution in [0.5, 0.6) is 0 Å². The van der Waals surface area contributed by atoms with Crippen LogP contribution in [0.3, 0.4) is 0 Å². The Labute approximate surface area is 144 Å². The van der Waals surface area contributed by atoms with Crippen molar-refractivity contribution in [2.75, 3.05) is 13.3 Å². The highest BCUT2D eigenvalue weighted by atomic mass is 32.2. The van der Waals surface area contributed by atoms with E-state index in [0.29, 0.717) is 12.1 Å². The predicted octanol–water partition coefficient (Wildman–Crippen LogP) is 3.16. The highest BCUT2D eigenvalue weighted by molar-refractivity contribution is 7.98. The first-order valence-corrected chi connectivity index (χ1v) is 8.66. The van der Waals surface area contributed by atoms with Crippen molar-refractivity contribution in [1.29, 1.82) is 0 Å². The van der Waals surface area contributed by atoms with E-state index in [1.54, 1.807) is 29.9 Å². The molecule has 0 aliphatic heterocycles. The van der Waals surface area contributed by atoms with Crippen LogP contribution in [0.15, 0.2) is 52.4 Å². The predicted molar refractivity (Wildman–Crippen MR) is 92.4 cm³/mol.